The zero-order chi connectivity index (χ0) is 16.8. The first-order chi connectivity index (χ1) is 11.7. The Morgan fingerprint density at radius 1 is 1.29 bits per heavy atom. The second-order valence-corrected chi connectivity index (χ2v) is 6.34. The number of H-pyrrole nitrogens is 1. The maximum Gasteiger partial charge on any atom is 0.223 e. The summed E-state index contributed by atoms with van der Waals surface area (Å²) in [6.45, 7) is 5.82. The van der Waals surface area contributed by atoms with Crippen molar-refractivity contribution in [3.63, 3.8) is 0 Å². The molecule has 1 aliphatic heterocycles. The first-order valence-electron chi connectivity index (χ1n) is 8.50. The molecule has 128 valence electrons. The Morgan fingerprint density at radius 2 is 2.12 bits per heavy atom. The predicted molar refractivity (Wildman–Crippen MR) is 90.0 cm³/mol. The molecular weight excluding hydrogens is 304 g/mol. The molecule has 2 aromatic rings. The van der Waals surface area contributed by atoms with Gasteiger partial charge in [-0.3, -0.25) is 9.69 Å². The average Bonchev–Trinajstić information content (AvgIpc) is 3.04. The molecule has 1 saturated heterocycles. The van der Waals surface area contributed by atoms with Crippen molar-refractivity contribution in [3.05, 3.63) is 41.7 Å². The molecule has 1 N–H and O–H groups in total. The summed E-state index contributed by atoms with van der Waals surface area (Å²) >= 11 is 0. The van der Waals surface area contributed by atoms with Crippen LogP contribution < -0.4 is 0 Å². The Morgan fingerprint density at radius 3 is 2.88 bits per heavy atom. The topological polar surface area (TPSA) is 78.0 Å². The third-order valence-corrected chi connectivity index (χ3v) is 4.45. The number of carbonyl (C=O) groups excluding carboxylic acids is 1. The summed E-state index contributed by atoms with van der Waals surface area (Å²) in [5, 5.41) is 13.8. The quantitative estimate of drug-likeness (QED) is 0.894. The lowest BCUT2D eigenvalue weighted by atomic mass is 10.2. The zero-order valence-electron chi connectivity index (χ0n) is 14.1. The number of aryl methyl sites for hydroxylation is 1. The minimum absolute atomic E-state index is 0.175. The second-order valence-electron chi connectivity index (χ2n) is 6.34. The Labute approximate surface area is 142 Å². The lowest BCUT2D eigenvalue weighted by Crippen LogP contribution is -2.42. The van der Waals surface area contributed by atoms with Crippen LogP contribution in [0.25, 0.3) is 0 Å². The fourth-order valence-electron chi connectivity index (χ4n) is 3.26. The first-order valence-corrected chi connectivity index (χ1v) is 8.50. The third kappa shape index (κ3) is 4.38. The van der Waals surface area contributed by atoms with Gasteiger partial charge in [-0.15, -0.1) is 10.2 Å². The van der Waals surface area contributed by atoms with Gasteiger partial charge in [0.25, 0.3) is 0 Å². The highest BCUT2D eigenvalue weighted by Crippen LogP contribution is 2.14. The molecule has 1 amide bonds. The molecule has 1 unspecified atom stereocenters. The molecule has 7 heteroatoms. The molecular formula is C17H24N6O. The molecule has 0 radical (unpaired) electrons. The van der Waals surface area contributed by atoms with E-state index in [1.54, 1.807) is 0 Å². The molecule has 24 heavy (non-hydrogen) atoms. The number of benzene rings is 1. The zero-order valence-corrected chi connectivity index (χ0v) is 14.1. The van der Waals surface area contributed by atoms with E-state index >= 15 is 0 Å². The molecule has 1 fully saturated rings. The van der Waals surface area contributed by atoms with E-state index in [2.05, 4.69) is 56.7 Å². The van der Waals surface area contributed by atoms with Crippen molar-refractivity contribution < 1.29 is 4.79 Å². The van der Waals surface area contributed by atoms with Crippen molar-refractivity contribution in [2.24, 2.45) is 0 Å². The van der Waals surface area contributed by atoms with Crippen molar-refractivity contribution >= 4 is 5.91 Å². The summed E-state index contributed by atoms with van der Waals surface area (Å²) in [5.74, 6) is 0.769. The highest BCUT2D eigenvalue weighted by atomic mass is 16.2. The van der Waals surface area contributed by atoms with Crippen LogP contribution in [-0.4, -0.2) is 62.0 Å². The number of amides is 1. The molecule has 2 heterocycles. The molecule has 1 atom stereocenters. The summed E-state index contributed by atoms with van der Waals surface area (Å²) in [7, 11) is 0. The van der Waals surface area contributed by atoms with Crippen LogP contribution in [0.1, 0.15) is 31.2 Å². The van der Waals surface area contributed by atoms with E-state index in [4.69, 9.17) is 0 Å². The van der Waals surface area contributed by atoms with Gasteiger partial charge in [-0.05, 0) is 18.9 Å². The largest absolute Gasteiger partial charge is 0.339 e. The van der Waals surface area contributed by atoms with Gasteiger partial charge in [-0.25, -0.2) is 0 Å². The number of hydrogen-bond donors (Lipinski definition) is 1. The van der Waals surface area contributed by atoms with Gasteiger partial charge >= 0.3 is 0 Å². The van der Waals surface area contributed by atoms with Crippen LogP contribution in [0.15, 0.2) is 30.3 Å². The van der Waals surface area contributed by atoms with Crippen molar-refractivity contribution in [3.8, 4) is 0 Å². The molecule has 3 rings (SSSR count). The fraction of sp³-hybridized carbons (Fsp3) is 0.529. The Bertz CT molecular complexity index is 630. The van der Waals surface area contributed by atoms with Crippen LogP contribution >= 0.6 is 0 Å². The maximum atomic E-state index is 12.5. The molecule has 0 aliphatic carbocycles. The molecule has 1 aromatic heterocycles. The van der Waals surface area contributed by atoms with Crippen LogP contribution in [-0.2, 0) is 17.8 Å². The van der Waals surface area contributed by atoms with E-state index in [0.29, 0.717) is 18.7 Å². The number of hydrogen-bond acceptors (Lipinski definition) is 5. The van der Waals surface area contributed by atoms with Crippen LogP contribution in [0, 0.1) is 0 Å². The standard InChI is InChI=1S/C17H24N6O/c1-14-12-22(13-15-6-3-2-4-7-15)10-5-11-23(14)17(24)9-8-16-18-20-21-19-16/h2-4,6-7,14H,5,8-13H2,1H3,(H,18,19,20,21). The van der Waals surface area contributed by atoms with E-state index < -0.39 is 0 Å². The lowest BCUT2D eigenvalue weighted by Gasteiger charge is -2.29. The first kappa shape index (κ1) is 16.6. The highest BCUT2D eigenvalue weighted by molar-refractivity contribution is 5.76. The molecule has 0 bridgehead atoms. The number of nitrogens with one attached hydrogen (secondary N) is 1. The van der Waals surface area contributed by atoms with Gasteiger partial charge in [-0.2, -0.15) is 5.21 Å². The van der Waals surface area contributed by atoms with Crippen molar-refractivity contribution in [2.75, 3.05) is 19.6 Å². The average molecular weight is 328 g/mol. The normalized spacial score (nSPS) is 19.2. The number of nitrogens with zero attached hydrogens (tertiary/aromatic N) is 5. The summed E-state index contributed by atoms with van der Waals surface area (Å²) in [4.78, 5) is 17.0. The summed E-state index contributed by atoms with van der Waals surface area (Å²) in [6, 6.07) is 10.7. The van der Waals surface area contributed by atoms with Crippen LogP contribution in [0.3, 0.4) is 0 Å². The minimum atomic E-state index is 0.175. The molecule has 0 spiro atoms. The van der Waals surface area contributed by atoms with Crippen molar-refractivity contribution in [1.82, 2.24) is 30.4 Å². The Balaban J connectivity index is 1.53. The third-order valence-electron chi connectivity index (χ3n) is 4.45. The van der Waals surface area contributed by atoms with E-state index in [-0.39, 0.29) is 11.9 Å². The molecule has 7 nitrogen and oxygen atoms in total. The number of aromatic nitrogens is 4. The maximum absolute atomic E-state index is 12.5. The van der Waals surface area contributed by atoms with Gasteiger partial charge in [-0.1, -0.05) is 35.5 Å². The van der Waals surface area contributed by atoms with E-state index in [1.807, 2.05) is 11.0 Å². The predicted octanol–water partition coefficient (Wildman–Crippen LogP) is 1.26. The van der Waals surface area contributed by atoms with Crippen molar-refractivity contribution in [1.29, 1.82) is 0 Å². The van der Waals surface area contributed by atoms with Gasteiger partial charge in [0.15, 0.2) is 5.82 Å². The number of rotatable bonds is 5. The van der Waals surface area contributed by atoms with E-state index in [9.17, 15) is 4.79 Å². The molecule has 1 aliphatic rings. The van der Waals surface area contributed by atoms with Gasteiger partial charge in [0.05, 0.1) is 0 Å². The second kappa shape index (κ2) is 8.01. The molecule has 1 aromatic carbocycles. The highest BCUT2D eigenvalue weighted by Gasteiger charge is 2.25. The Hall–Kier alpha value is -2.28. The van der Waals surface area contributed by atoms with Gasteiger partial charge in [0.1, 0.15) is 0 Å². The number of aromatic amines is 1. The van der Waals surface area contributed by atoms with Gasteiger partial charge < -0.3 is 4.90 Å². The summed E-state index contributed by atoms with van der Waals surface area (Å²) < 4.78 is 0. The summed E-state index contributed by atoms with van der Waals surface area (Å²) in [5.41, 5.74) is 1.32. The monoisotopic (exact) mass is 328 g/mol. The van der Waals surface area contributed by atoms with Crippen LogP contribution in [0.2, 0.25) is 0 Å². The molecule has 0 saturated carbocycles. The smallest absolute Gasteiger partial charge is 0.223 e. The van der Waals surface area contributed by atoms with E-state index in [0.717, 1.165) is 32.6 Å². The summed E-state index contributed by atoms with van der Waals surface area (Å²) in [6.07, 6.45) is 1.97. The van der Waals surface area contributed by atoms with Gasteiger partial charge in [0.2, 0.25) is 5.91 Å². The minimum Gasteiger partial charge on any atom is -0.339 e. The van der Waals surface area contributed by atoms with Crippen molar-refractivity contribution in [2.45, 2.75) is 38.8 Å². The van der Waals surface area contributed by atoms with E-state index in [1.165, 1.54) is 5.56 Å². The SMILES string of the molecule is CC1CN(Cc2ccccc2)CCCN1C(=O)CCc1nn[nH]n1. The van der Waals surface area contributed by atoms with Crippen LogP contribution in [0.4, 0.5) is 0 Å². The lowest BCUT2D eigenvalue weighted by molar-refractivity contribution is -0.133. The fourth-order valence-corrected chi connectivity index (χ4v) is 3.26. The van der Waals surface area contributed by atoms with Gasteiger partial charge in [0, 0.05) is 45.1 Å². The number of tetrazole rings is 1. The Kier molecular flexibility index (Phi) is 5.53. The van der Waals surface area contributed by atoms with Crippen LogP contribution in [0.5, 0.6) is 0 Å². The number of carbonyl (C=O) groups is 1.